The van der Waals surface area contributed by atoms with Crippen LogP contribution in [0.3, 0.4) is 0 Å². The third-order valence-electron chi connectivity index (χ3n) is 4.88. The van der Waals surface area contributed by atoms with Crippen molar-refractivity contribution in [1.29, 1.82) is 0 Å². The maximum atomic E-state index is 12.8. The smallest absolute Gasteiger partial charge is 0.404 e. The Morgan fingerprint density at radius 2 is 1.89 bits per heavy atom. The van der Waals surface area contributed by atoms with Crippen LogP contribution in [-0.2, 0) is 6.54 Å². The maximum Gasteiger partial charge on any atom is 0.573 e. The second-order valence-corrected chi connectivity index (χ2v) is 6.73. The van der Waals surface area contributed by atoms with E-state index in [2.05, 4.69) is 9.84 Å². The topological polar surface area (TPSA) is 49.0 Å². The number of benzene rings is 1. The second-order valence-electron chi connectivity index (χ2n) is 6.73. The molecule has 1 saturated carbocycles. The van der Waals surface area contributed by atoms with Crippen molar-refractivity contribution in [2.24, 2.45) is 0 Å². The molecule has 5 nitrogen and oxygen atoms in total. The number of nitrogens with zero attached hydrogens (tertiary/aromatic N) is 3. The maximum absolute atomic E-state index is 12.8. The van der Waals surface area contributed by atoms with Crippen molar-refractivity contribution in [3.63, 3.8) is 0 Å². The van der Waals surface area contributed by atoms with Gasteiger partial charge in [-0.15, -0.1) is 13.2 Å². The van der Waals surface area contributed by atoms with Crippen LogP contribution in [0.15, 0.2) is 47.5 Å². The number of halogens is 3. The highest BCUT2D eigenvalue weighted by molar-refractivity contribution is 5.84. The average Bonchev–Trinajstić information content (AvgIpc) is 3.27. The summed E-state index contributed by atoms with van der Waals surface area (Å²) in [5, 5.41) is 4.75. The molecule has 27 heavy (non-hydrogen) atoms. The highest BCUT2D eigenvalue weighted by Gasteiger charge is 2.32. The summed E-state index contributed by atoms with van der Waals surface area (Å²) >= 11 is 0. The Bertz CT molecular complexity index is 1020. The van der Waals surface area contributed by atoms with Crippen molar-refractivity contribution in [2.45, 2.75) is 44.6 Å². The van der Waals surface area contributed by atoms with E-state index in [4.69, 9.17) is 0 Å². The van der Waals surface area contributed by atoms with Gasteiger partial charge in [-0.25, -0.2) is 0 Å². The fourth-order valence-corrected chi connectivity index (χ4v) is 3.69. The van der Waals surface area contributed by atoms with Gasteiger partial charge in [0.05, 0.1) is 23.8 Å². The zero-order valence-electron chi connectivity index (χ0n) is 14.4. The SMILES string of the molecule is O=c1ccn(Cc2ccn(C3CCCC3)n2)c2c(OC(F)(F)F)cccc12. The van der Waals surface area contributed by atoms with Crippen LogP contribution in [0, 0.1) is 0 Å². The summed E-state index contributed by atoms with van der Waals surface area (Å²) in [5.74, 6) is -0.395. The summed E-state index contributed by atoms with van der Waals surface area (Å²) in [5.41, 5.74) is 0.469. The van der Waals surface area contributed by atoms with Gasteiger partial charge in [0.25, 0.3) is 0 Å². The van der Waals surface area contributed by atoms with E-state index in [1.54, 1.807) is 4.57 Å². The normalized spacial score (nSPS) is 15.5. The molecule has 2 aromatic heterocycles. The number of hydrogen-bond donors (Lipinski definition) is 0. The van der Waals surface area contributed by atoms with Crippen molar-refractivity contribution in [2.75, 3.05) is 0 Å². The van der Waals surface area contributed by atoms with Gasteiger partial charge in [0.2, 0.25) is 0 Å². The molecule has 0 spiro atoms. The number of pyridine rings is 1. The van der Waals surface area contributed by atoms with Gasteiger partial charge in [-0.3, -0.25) is 9.48 Å². The number of rotatable bonds is 4. The largest absolute Gasteiger partial charge is 0.573 e. The van der Waals surface area contributed by atoms with Crippen LogP contribution in [0.25, 0.3) is 10.9 Å². The van der Waals surface area contributed by atoms with E-state index < -0.39 is 12.1 Å². The van der Waals surface area contributed by atoms with Crippen molar-refractivity contribution in [1.82, 2.24) is 14.3 Å². The van der Waals surface area contributed by atoms with Gasteiger partial charge in [-0.05, 0) is 31.0 Å². The molecule has 0 radical (unpaired) electrons. The Morgan fingerprint density at radius 1 is 1.11 bits per heavy atom. The van der Waals surface area contributed by atoms with Crippen molar-refractivity contribution in [3.8, 4) is 5.75 Å². The summed E-state index contributed by atoms with van der Waals surface area (Å²) in [6.07, 6.45) is 3.09. The predicted octanol–water partition coefficient (Wildman–Crippen LogP) is 4.26. The molecule has 8 heteroatoms. The predicted molar refractivity (Wildman–Crippen MR) is 93.7 cm³/mol. The minimum Gasteiger partial charge on any atom is -0.404 e. The summed E-state index contributed by atoms with van der Waals surface area (Å²) in [6.45, 7) is 0.245. The van der Waals surface area contributed by atoms with Crippen molar-refractivity contribution < 1.29 is 17.9 Å². The average molecular weight is 377 g/mol. The Labute approximate surface area is 153 Å². The van der Waals surface area contributed by atoms with E-state index >= 15 is 0 Å². The molecule has 1 fully saturated rings. The van der Waals surface area contributed by atoms with Crippen LogP contribution in [-0.4, -0.2) is 20.7 Å². The van der Waals surface area contributed by atoms with Crippen LogP contribution in [0.1, 0.15) is 37.4 Å². The molecule has 0 aliphatic heterocycles. The Kier molecular flexibility index (Phi) is 4.41. The van der Waals surface area contributed by atoms with Crippen LogP contribution >= 0.6 is 0 Å². The molecule has 0 bridgehead atoms. The lowest BCUT2D eigenvalue weighted by molar-refractivity contribution is -0.274. The molecule has 2 heterocycles. The third-order valence-corrected chi connectivity index (χ3v) is 4.88. The number of fused-ring (bicyclic) bond motifs is 1. The molecule has 142 valence electrons. The van der Waals surface area contributed by atoms with Gasteiger partial charge in [0, 0.05) is 23.8 Å². The van der Waals surface area contributed by atoms with E-state index in [-0.39, 0.29) is 22.9 Å². The standard InChI is InChI=1S/C19H18F3N3O2/c20-19(21,22)27-17-7-3-6-15-16(26)9-10-24(18(15)17)12-13-8-11-25(23-13)14-4-1-2-5-14/h3,6-11,14H,1-2,4-5,12H2. The Morgan fingerprint density at radius 3 is 2.63 bits per heavy atom. The van der Waals surface area contributed by atoms with Gasteiger partial charge in [0.1, 0.15) is 0 Å². The highest BCUT2D eigenvalue weighted by atomic mass is 19.4. The van der Waals surface area contributed by atoms with Crippen LogP contribution in [0.4, 0.5) is 13.2 Å². The summed E-state index contributed by atoms with van der Waals surface area (Å²) in [4.78, 5) is 12.1. The first-order valence-electron chi connectivity index (χ1n) is 8.83. The zero-order valence-corrected chi connectivity index (χ0v) is 14.4. The fourth-order valence-electron chi connectivity index (χ4n) is 3.69. The molecule has 4 rings (SSSR count). The molecule has 1 aliphatic carbocycles. The van der Waals surface area contributed by atoms with E-state index in [1.165, 1.54) is 43.3 Å². The summed E-state index contributed by atoms with van der Waals surface area (Å²) in [6, 6.07) is 7.67. The van der Waals surface area contributed by atoms with Crippen LogP contribution in [0.2, 0.25) is 0 Å². The molecule has 0 N–H and O–H groups in total. The van der Waals surface area contributed by atoms with E-state index in [0.29, 0.717) is 11.7 Å². The zero-order chi connectivity index (χ0) is 19.0. The van der Waals surface area contributed by atoms with E-state index in [9.17, 15) is 18.0 Å². The molecular weight excluding hydrogens is 359 g/mol. The lowest BCUT2D eigenvalue weighted by Crippen LogP contribution is -2.19. The van der Waals surface area contributed by atoms with E-state index in [0.717, 1.165) is 12.8 Å². The molecule has 3 aromatic rings. The van der Waals surface area contributed by atoms with Crippen LogP contribution in [0.5, 0.6) is 5.75 Å². The number of para-hydroxylation sites is 1. The Balaban J connectivity index is 1.73. The third kappa shape index (κ3) is 3.70. The molecule has 0 amide bonds. The molecule has 1 aliphatic rings. The summed E-state index contributed by atoms with van der Waals surface area (Å²) < 4.78 is 46.0. The number of ether oxygens (including phenoxy) is 1. The lowest BCUT2D eigenvalue weighted by atomic mass is 10.2. The van der Waals surface area contributed by atoms with Gasteiger partial charge < -0.3 is 9.30 Å². The van der Waals surface area contributed by atoms with Gasteiger partial charge >= 0.3 is 6.36 Å². The van der Waals surface area contributed by atoms with Crippen molar-refractivity contribution >= 4 is 10.9 Å². The van der Waals surface area contributed by atoms with Gasteiger partial charge in [-0.2, -0.15) is 5.10 Å². The highest BCUT2D eigenvalue weighted by Crippen LogP contribution is 2.31. The first-order chi connectivity index (χ1) is 12.9. The molecule has 0 atom stereocenters. The summed E-state index contributed by atoms with van der Waals surface area (Å²) in [7, 11) is 0. The first kappa shape index (κ1) is 17.6. The van der Waals surface area contributed by atoms with Crippen molar-refractivity contribution in [3.05, 3.63) is 58.6 Å². The minimum absolute atomic E-state index is 0.109. The first-order valence-corrected chi connectivity index (χ1v) is 8.83. The quantitative estimate of drug-likeness (QED) is 0.683. The lowest BCUT2D eigenvalue weighted by Gasteiger charge is -2.15. The van der Waals surface area contributed by atoms with Gasteiger partial charge in [-0.1, -0.05) is 18.9 Å². The van der Waals surface area contributed by atoms with Gasteiger partial charge in [0.15, 0.2) is 11.2 Å². The molecule has 0 unspecified atom stereocenters. The monoisotopic (exact) mass is 377 g/mol. The molecular formula is C19H18F3N3O2. The second kappa shape index (κ2) is 6.75. The van der Waals surface area contributed by atoms with Crippen LogP contribution < -0.4 is 10.2 Å². The van der Waals surface area contributed by atoms with E-state index in [1.807, 2.05) is 16.9 Å². The molecule has 0 saturated heterocycles. The fraction of sp³-hybridized carbons (Fsp3) is 0.368. The number of hydrogen-bond acceptors (Lipinski definition) is 3. The molecule has 1 aromatic carbocycles. The number of aromatic nitrogens is 3. The minimum atomic E-state index is -4.84. The Hall–Kier alpha value is -2.77. The number of alkyl halides is 3.